The lowest BCUT2D eigenvalue weighted by atomic mass is 9.99. The Labute approximate surface area is 109 Å². The molecule has 94 valence electrons. The minimum Gasteiger partial charge on any atom is -0.307 e. The molecule has 2 unspecified atom stereocenters. The molecule has 2 rings (SSSR count). The minimum atomic E-state index is 0.473. The summed E-state index contributed by atoms with van der Waals surface area (Å²) in [4.78, 5) is 3.14. The van der Waals surface area contributed by atoms with E-state index in [9.17, 15) is 0 Å². The van der Waals surface area contributed by atoms with Crippen LogP contribution >= 0.6 is 11.3 Å². The Morgan fingerprint density at radius 2 is 2.18 bits per heavy atom. The fourth-order valence-electron chi connectivity index (χ4n) is 2.55. The first-order valence-electron chi connectivity index (χ1n) is 6.69. The van der Waals surface area contributed by atoms with Crippen molar-refractivity contribution in [1.82, 2.24) is 5.32 Å². The summed E-state index contributed by atoms with van der Waals surface area (Å²) in [7, 11) is 0. The van der Waals surface area contributed by atoms with Gasteiger partial charge < -0.3 is 5.32 Å². The number of thiophene rings is 1. The van der Waals surface area contributed by atoms with Crippen molar-refractivity contribution in [3.05, 3.63) is 34.0 Å². The Balaban J connectivity index is 2.01. The van der Waals surface area contributed by atoms with Crippen molar-refractivity contribution >= 4 is 11.3 Å². The first-order chi connectivity index (χ1) is 8.20. The highest BCUT2D eigenvalue weighted by Crippen LogP contribution is 2.32. The van der Waals surface area contributed by atoms with E-state index in [0.717, 1.165) is 6.42 Å². The molecule has 2 heteroatoms. The fourth-order valence-corrected chi connectivity index (χ4v) is 3.82. The molecule has 1 nitrogen and oxygen atoms in total. The van der Waals surface area contributed by atoms with E-state index in [1.54, 1.807) is 10.4 Å². The van der Waals surface area contributed by atoms with Gasteiger partial charge in [-0.05, 0) is 57.6 Å². The third-order valence-corrected chi connectivity index (χ3v) is 4.92. The molecule has 1 aromatic rings. The van der Waals surface area contributed by atoms with Crippen LogP contribution in [0.5, 0.6) is 0 Å². The lowest BCUT2D eigenvalue weighted by Gasteiger charge is -2.17. The number of hydrogen-bond donors (Lipinski definition) is 1. The van der Waals surface area contributed by atoms with Gasteiger partial charge >= 0.3 is 0 Å². The smallest absolute Gasteiger partial charge is 0.0388 e. The molecule has 0 fully saturated rings. The van der Waals surface area contributed by atoms with E-state index in [1.807, 2.05) is 17.4 Å². The quantitative estimate of drug-likeness (QED) is 0.770. The normalized spacial score (nSPS) is 18.5. The third-order valence-electron chi connectivity index (χ3n) is 3.50. The van der Waals surface area contributed by atoms with Crippen LogP contribution in [-0.2, 0) is 12.8 Å². The summed E-state index contributed by atoms with van der Waals surface area (Å²) in [6.45, 7) is 8.30. The molecule has 0 spiro atoms. The summed E-state index contributed by atoms with van der Waals surface area (Å²) in [5, 5.41) is 3.65. The van der Waals surface area contributed by atoms with Crippen molar-refractivity contribution in [2.75, 3.05) is 0 Å². The lowest BCUT2D eigenvalue weighted by molar-refractivity contribution is 0.487. The van der Waals surface area contributed by atoms with E-state index in [4.69, 9.17) is 0 Å². The van der Waals surface area contributed by atoms with Crippen molar-refractivity contribution in [2.45, 2.75) is 58.0 Å². The Bertz CT molecular complexity index is 357. The van der Waals surface area contributed by atoms with Gasteiger partial charge in [0.2, 0.25) is 0 Å². The average Bonchev–Trinajstić information content (AvgIpc) is 2.72. The van der Waals surface area contributed by atoms with Crippen molar-refractivity contribution in [1.29, 1.82) is 0 Å². The van der Waals surface area contributed by atoms with Gasteiger partial charge in [0.25, 0.3) is 0 Å². The molecule has 1 aliphatic carbocycles. The van der Waals surface area contributed by atoms with Gasteiger partial charge in [0.05, 0.1) is 0 Å². The van der Waals surface area contributed by atoms with Crippen LogP contribution in [0.25, 0.3) is 0 Å². The zero-order chi connectivity index (χ0) is 12.3. The largest absolute Gasteiger partial charge is 0.307 e. The molecule has 2 atom stereocenters. The molecule has 1 N–H and O–H groups in total. The molecule has 0 saturated heterocycles. The number of rotatable bonds is 5. The average molecular weight is 249 g/mol. The summed E-state index contributed by atoms with van der Waals surface area (Å²) < 4.78 is 0. The van der Waals surface area contributed by atoms with Crippen molar-refractivity contribution < 1.29 is 0 Å². The molecule has 0 bridgehead atoms. The molecular formula is C15H23NS. The first kappa shape index (κ1) is 12.8. The summed E-state index contributed by atoms with van der Waals surface area (Å²) in [6, 6.07) is 3.42. The Morgan fingerprint density at radius 1 is 1.41 bits per heavy atom. The van der Waals surface area contributed by atoms with Crippen LogP contribution in [0.1, 0.15) is 54.5 Å². The van der Waals surface area contributed by atoms with Crippen molar-refractivity contribution in [3.8, 4) is 0 Å². The maximum absolute atomic E-state index is 3.80. The molecule has 0 radical (unpaired) electrons. The van der Waals surface area contributed by atoms with Crippen LogP contribution in [0.3, 0.4) is 0 Å². The predicted octanol–water partition coefficient (Wildman–Crippen LogP) is 4.24. The highest BCUT2D eigenvalue weighted by atomic mass is 32.1. The maximum atomic E-state index is 3.80. The summed E-state index contributed by atoms with van der Waals surface area (Å²) in [5.41, 5.74) is 1.61. The number of hydrogen-bond acceptors (Lipinski definition) is 2. The Morgan fingerprint density at radius 3 is 2.88 bits per heavy atom. The summed E-state index contributed by atoms with van der Waals surface area (Å²) in [5.74, 6) is 0. The van der Waals surface area contributed by atoms with Crippen LogP contribution in [-0.4, -0.2) is 6.04 Å². The van der Waals surface area contributed by atoms with E-state index >= 15 is 0 Å². The van der Waals surface area contributed by atoms with Gasteiger partial charge in [-0.25, -0.2) is 0 Å². The molecule has 1 aromatic heterocycles. The SMILES string of the molecule is C=CCC(C)NC(C)c1cc2c(s1)CCCC2. The standard InChI is InChI=1S/C15H23NS/c1-4-7-11(2)16-12(3)15-10-13-8-5-6-9-14(13)17-15/h4,10-12,16H,1,5-9H2,2-3H3. The first-order valence-corrected chi connectivity index (χ1v) is 7.50. The van der Waals surface area contributed by atoms with E-state index in [0.29, 0.717) is 12.1 Å². The van der Waals surface area contributed by atoms with Crippen LogP contribution in [0.15, 0.2) is 18.7 Å². The monoisotopic (exact) mass is 249 g/mol. The molecule has 1 heterocycles. The van der Waals surface area contributed by atoms with Crippen molar-refractivity contribution in [2.24, 2.45) is 0 Å². The predicted molar refractivity (Wildman–Crippen MR) is 76.8 cm³/mol. The number of fused-ring (bicyclic) bond motifs is 1. The lowest BCUT2D eigenvalue weighted by Crippen LogP contribution is -2.27. The van der Waals surface area contributed by atoms with Crippen LogP contribution in [0.4, 0.5) is 0 Å². The number of aryl methyl sites for hydroxylation is 2. The zero-order valence-electron chi connectivity index (χ0n) is 11.0. The molecule has 0 aliphatic heterocycles. The van der Waals surface area contributed by atoms with Gasteiger partial charge in [-0.3, -0.25) is 0 Å². The van der Waals surface area contributed by atoms with Crippen molar-refractivity contribution in [3.63, 3.8) is 0 Å². The Hall–Kier alpha value is -0.600. The van der Waals surface area contributed by atoms with E-state index in [1.165, 1.54) is 30.6 Å². The van der Waals surface area contributed by atoms with E-state index < -0.39 is 0 Å². The van der Waals surface area contributed by atoms with E-state index in [-0.39, 0.29) is 0 Å². The van der Waals surface area contributed by atoms with Crippen LogP contribution in [0, 0.1) is 0 Å². The van der Waals surface area contributed by atoms with Gasteiger partial charge in [0.1, 0.15) is 0 Å². The highest BCUT2D eigenvalue weighted by Gasteiger charge is 2.17. The van der Waals surface area contributed by atoms with E-state index in [2.05, 4.69) is 31.8 Å². The zero-order valence-corrected chi connectivity index (χ0v) is 11.8. The fraction of sp³-hybridized carbons (Fsp3) is 0.600. The second kappa shape index (κ2) is 5.83. The Kier molecular flexibility index (Phi) is 4.41. The third kappa shape index (κ3) is 3.20. The number of nitrogens with one attached hydrogen (secondary N) is 1. The molecule has 0 aromatic carbocycles. The second-order valence-electron chi connectivity index (χ2n) is 5.12. The summed E-state index contributed by atoms with van der Waals surface area (Å²) in [6.07, 6.45) is 8.37. The van der Waals surface area contributed by atoms with Crippen LogP contribution < -0.4 is 5.32 Å². The van der Waals surface area contributed by atoms with Gasteiger partial charge in [0, 0.05) is 21.8 Å². The molecular weight excluding hydrogens is 226 g/mol. The van der Waals surface area contributed by atoms with Gasteiger partial charge in [-0.15, -0.1) is 17.9 Å². The topological polar surface area (TPSA) is 12.0 Å². The van der Waals surface area contributed by atoms with Crippen LogP contribution in [0.2, 0.25) is 0 Å². The van der Waals surface area contributed by atoms with Gasteiger partial charge in [-0.1, -0.05) is 6.08 Å². The maximum Gasteiger partial charge on any atom is 0.0388 e. The van der Waals surface area contributed by atoms with Gasteiger partial charge in [-0.2, -0.15) is 0 Å². The highest BCUT2D eigenvalue weighted by molar-refractivity contribution is 7.12. The molecule has 17 heavy (non-hydrogen) atoms. The van der Waals surface area contributed by atoms with Gasteiger partial charge in [0.15, 0.2) is 0 Å². The molecule has 0 amide bonds. The minimum absolute atomic E-state index is 0.473. The molecule has 1 aliphatic rings. The summed E-state index contributed by atoms with van der Waals surface area (Å²) >= 11 is 2.02. The molecule has 0 saturated carbocycles. The second-order valence-corrected chi connectivity index (χ2v) is 6.29.